The minimum absolute atomic E-state index is 0.145. The van der Waals surface area contributed by atoms with Gasteiger partial charge in [0.1, 0.15) is 5.60 Å². The van der Waals surface area contributed by atoms with Gasteiger partial charge in [0.15, 0.2) is 0 Å². The molecule has 3 nitrogen and oxygen atoms in total. The van der Waals surface area contributed by atoms with Crippen molar-refractivity contribution in [1.29, 1.82) is 0 Å². The van der Waals surface area contributed by atoms with Crippen molar-refractivity contribution in [2.24, 2.45) is 5.92 Å². The predicted octanol–water partition coefficient (Wildman–Crippen LogP) is 3.71. The first-order chi connectivity index (χ1) is 12.0. The summed E-state index contributed by atoms with van der Waals surface area (Å²) < 4.78 is 0. The number of thiol groups is 1. The lowest BCUT2D eigenvalue weighted by molar-refractivity contribution is -0.0144. The largest absolute Gasteiger partial charge is 0.378 e. The molecule has 1 fully saturated rings. The number of likely N-dealkylation sites (tertiary alicyclic amines) is 1. The molecule has 0 saturated carbocycles. The summed E-state index contributed by atoms with van der Waals surface area (Å²) in [6, 6.07) is 10.2. The van der Waals surface area contributed by atoms with Crippen molar-refractivity contribution in [2.45, 2.75) is 25.4 Å². The molecule has 1 N–H and O–H groups in total. The van der Waals surface area contributed by atoms with Crippen LogP contribution < -0.4 is 0 Å². The minimum atomic E-state index is -1.08. The molecule has 4 heteroatoms. The molecule has 1 aliphatic carbocycles. The summed E-state index contributed by atoms with van der Waals surface area (Å²) in [7, 11) is 2.14. The average Bonchev–Trinajstić information content (AvgIpc) is 2.70. The van der Waals surface area contributed by atoms with Crippen LogP contribution in [-0.2, 0) is 5.60 Å². The van der Waals surface area contributed by atoms with Gasteiger partial charge in [-0.1, -0.05) is 29.8 Å². The minimum Gasteiger partial charge on any atom is -0.378 e. The third-order valence-corrected chi connectivity index (χ3v) is 6.03. The first-order valence-corrected chi connectivity index (χ1v) is 9.33. The second-order valence-electron chi connectivity index (χ2n) is 7.36. The Labute approximate surface area is 154 Å². The molecule has 25 heavy (non-hydrogen) atoms. The van der Waals surface area contributed by atoms with Crippen LogP contribution in [0.4, 0.5) is 0 Å². The number of hydrogen-bond donors (Lipinski definition) is 2. The van der Waals surface area contributed by atoms with Crippen LogP contribution in [0.15, 0.2) is 36.5 Å². The Morgan fingerprint density at radius 1 is 1.24 bits per heavy atom. The molecular weight excluding hydrogens is 328 g/mol. The van der Waals surface area contributed by atoms with Crippen molar-refractivity contribution in [1.82, 2.24) is 9.88 Å². The van der Waals surface area contributed by atoms with E-state index in [1.54, 1.807) is 6.20 Å². The molecule has 0 spiro atoms. The molecule has 0 bridgehead atoms. The van der Waals surface area contributed by atoms with Gasteiger partial charge in [-0.2, -0.15) is 0 Å². The number of piperidine rings is 1. The molecule has 130 valence electrons. The fraction of sp³-hybridized carbons (Fsp3) is 0.381. The highest BCUT2D eigenvalue weighted by atomic mass is 32.1. The molecule has 1 aliphatic heterocycles. The smallest absolute Gasteiger partial charge is 0.135 e. The van der Waals surface area contributed by atoms with Gasteiger partial charge in [0.05, 0.1) is 5.69 Å². The van der Waals surface area contributed by atoms with Crippen molar-refractivity contribution >= 4 is 23.6 Å². The van der Waals surface area contributed by atoms with Crippen LogP contribution in [-0.4, -0.2) is 35.1 Å². The summed E-state index contributed by atoms with van der Waals surface area (Å²) in [6.45, 7) is 4.07. The number of pyridine rings is 1. The highest BCUT2D eigenvalue weighted by Gasteiger charge is 2.45. The molecule has 1 aromatic heterocycles. The van der Waals surface area contributed by atoms with Gasteiger partial charge in [-0.3, -0.25) is 4.98 Å². The fourth-order valence-electron chi connectivity index (χ4n) is 4.25. The Kier molecular flexibility index (Phi) is 4.22. The molecule has 1 atom stereocenters. The summed E-state index contributed by atoms with van der Waals surface area (Å²) in [4.78, 5) is 7.85. The fourth-order valence-corrected chi connectivity index (χ4v) is 4.57. The Bertz CT molecular complexity index is 840. The van der Waals surface area contributed by atoms with Crippen molar-refractivity contribution in [3.63, 3.8) is 0 Å². The zero-order chi connectivity index (χ0) is 17.6. The first kappa shape index (κ1) is 16.8. The number of benzene rings is 1. The SMILES string of the molecule is Cc1ccc2c(c1)C(S)=Cc1cccnc1C2(O)C1CCN(C)CC1. The number of aryl methyl sites for hydroxylation is 1. The zero-order valence-corrected chi connectivity index (χ0v) is 15.6. The summed E-state index contributed by atoms with van der Waals surface area (Å²) in [5, 5.41) is 12.1. The van der Waals surface area contributed by atoms with Crippen molar-refractivity contribution in [3.05, 3.63) is 64.5 Å². The molecule has 1 saturated heterocycles. The maximum atomic E-state index is 12.1. The maximum Gasteiger partial charge on any atom is 0.135 e. The van der Waals surface area contributed by atoms with Crippen molar-refractivity contribution in [3.8, 4) is 0 Å². The monoisotopic (exact) mass is 352 g/mol. The van der Waals surface area contributed by atoms with Gasteiger partial charge in [-0.15, -0.1) is 12.6 Å². The molecule has 4 rings (SSSR count). The molecule has 1 unspecified atom stereocenters. The van der Waals surface area contributed by atoms with E-state index in [0.29, 0.717) is 0 Å². The van der Waals surface area contributed by atoms with Gasteiger partial charge in [-0.25, -0.2) is 0 Å². The third-order valence-electron chi connectivity index (χ3n) is 5.66. The van der Waals surface area contributed by atoms with Gasteiger partial charge in [0, 0.05) is 22.6 Å². The molecule has 2 aromatic rings. The van der Waals surface area contributed by atoms with Gasteiger partial charge in [0.25, 0.3) is 0 Å². The molecule has 0 radical (unpaired) electrons. The van der Waals surface area contributed by atoms with E-state index in [0.717, 1.165) is 53.2 Å². The van der Waals surface area contributed by atoms with E-state index in [1.165, 1.54) is 5.56 Å². The van der Waals surface area contributed by atoms with Gasteiger partial charge < -0.3 is 10.0 Å². The average molecular weight is 353 g/mol. The van der Waals surface area contributed by atoms with E-state index in [2.05, 4.69) is 42.1 Å². The van der Waals surface area contributed by atoms with Crippen LogP contribution >= 0.6 is 12.6 Å². The van der Waals surface area contributed by atoms with E-state index >= 15 is 0 Å². The highest BCUT2D eigenvalue weighted by molar-refractivity contribution is 7.90. The Hall–Kier alpha value is -1.62. The number of aliphatic hydroxyl groups is 1. The van der Waals surface area contributed by atoms with E-state index in [1.807, 2.05) is 18.2 Å². The highest BCUT2D eigenvalue weighted by Crippen LogP contribution is 2.47. The second kappa shape index (κ2) is 6.27. The van der Waals surface area contributed by atoms with Crippen LogP contribution in [0.2, 0.25) is 0 Å². The predicted molar refractivity (Wildman–Crippen MR) is 105 cm³/mol. The van der Waals surface area contributed by atoms with E-state index in [9.17, 15) is 5.11 Å². The third kappa shape index (κ3) is 2.73. The normalized spacial score (nSPS) is 24.2. The lowest BCUT2D eigenvalue weighted by Gasteiger charge is -2.41. The van der Waals surface area contributed by atoms with E-state index in [-0.39, 0.29) is 5.92 Å². The number of fused-ring (bicyclic) bond motifs is 2. The van der Waals surface area contributed by atoms with E-state index < -0.39 is 5.60 Å². The van der Waals surface area contributed by atoms with Gasteiger partial charge in [-0.05, 0) is 63.2 Å². The number of nitrogens with zero attached hydrogens (tertiary/aromatic N) is 2. The molecule has 2 aliphatic rings. The van der Waals surface area contributed by atoms with Crippen LogP contribution in [0, 0.1) is 12.8 Å². The second-order valence-corrected chi connectivity index (χ2v) is 7.85. The van der Waals surface area contributed by atoms with Crippen LogP contribution in [0.3, 0.4) is 0 Å². The van der Waals surface area contributed by atoms with E-state index in [4.69, 9.17) is 12.6 Å². The van der Waals surface area contributed by atoms with Crippen LogP contribution in [0.1, 0.15) is 40.8 Å². The van der Waals surface area contributed by atoms with Crippen LogP contribution in [0.5, 0.6) is 0 Å². The maximum absolute atomic E-state index is 12.1. The van der Waals surface area contributed by atoms with Crippen LogP contribution in [0.25, 0.3) is 11.0 Å². The quantitative estimate of drug-likeness (QED) is 0.768. The number of rotatable bonds is 1. The molecule has 1 aromatic carbocycles. The molecular formula is C21H24N2OS. The van der Waals surface area contributed by atoms with Crippen molar-refractivity contribution < 1.29 is 5.11 Å². The Morgan fingerprint density at radius 3 is 2.76 bits per heavy atom. The lowest BCUT2D eigenvalue weighted by atomic mass is 9.72. The summed E-state index contributed by atoms with van der Waals surface area (Å²) >= 11 is 4.75. The summed E-state index contributed by atoms with van der Waals surface area (Å²) in [5.41, 5.74) is 3.76. The topological polar surface area (TPSA) is 36.4 Å². The van der Waals surface area contributed by atoms with Gasteiger partial charge >= 0.3 is 0 Å². The Morgan fingerprint density at radius 2 is 2.00 bits per heavy atom. The van der Waals surface area contributed by atoms with Gasteiger partial charge in [0.2, 0.25) is 0 Å². The standard InChI is InChI=1S/C21H24N2OS/c1-14-5-6-18-17(12-14)19(25)13-15-4-3-9-22-20(15)21(18,24)16-7-10-23(2)11-8-16/h3-6,9,12-13,16,24-25H,7-8,10-11H2,1-2H3. The summed E-state index contributed by atoms with van der Waals surface area (Å²) in [5.74, 6) is 0.145. The molecule has 2 heterocycles. The number of hydrogen-bond acceptors (Lipinski definition) is 4. The lowest BCUT2D eigenvalue weighted by Crippen LogP contribution is -2.44. The first-order valence-electron chi connectivity index (χ1n) is 8.88. The summed E-state index contributed by atoms with van der Waals surface area (Å²) in [6.07, 6.45) is 5.73. The molecule has 0 amide bonds. The number of aromatic nitrogens is 1. The van der Waals surface area contributed by atoms with Crippen molar-refractivity contribution in [2.75, 3.05) is 20.1 Å². The Balaban J connectivity index is 1.97. The zero-order valence-electron chi connectivity index (χ0n) is 14.7.